The van der Waals surface area contributed by atoms with Gasteiger partial charge in [0.15, 0.2) is 0 Å². The van der Waals surface area contributed by atoms with Crippen LogP contribution in [0.15, 0.2) is 28.8 Å². The van der Waals surface area contributed by atoms with Crippen molar-refractivity contribution in [2.75, 3.05) is 32.8 Å². The Kier molecular flexibility index (Phi) is 5.27. The summed E-state index contributed by atoms with van der Waals surface area (Å²) in [7, 11) is 0. The van der Waals surface area contributed by atoms with Gasteiger partial charge in [-0.3, -0.25) is 4.90 Å². The van der Waals surface area contributed by atoms with E-state index in [0.29, 0.717) is 11.7 Å². The predicted octanol–water partition coefficient (Wildman–Crippen LogP) is 2.02. The molecule has 23 heavy (non-hydrogen) atoms. The van der Waals surface area contributed by atoms with Crippen LogP contribution in [0.1, 0.15) is 23.9 Å². The molecule has 0 radical (unpaired) electrons. The van der Waals surface area contributed by atoms with Crippen molar-refractivity contribution in [3.63, 3.8) is 0 Å². The minimum absolute atomic E-state index is 0. The number of ether oxygens (including phenoxy) is 1. The predicted molar refractivity (Wildman–Crippen MR) is 88.4 cm³/mol. The van der Waals surface area contributed by atoms with Crippen LogP contribution in [0, 0.1) is 0 Å². The van der Waals surface area contributed by atoms with E-state index in [1.165, 1.54) is 5.56 Å². The largest absolute Gasteiger partial charge is 0.379 e. The fourth-order valence-corrected chi connectivity index (χ4v) is 2.77. The second-order valence-electron chi connectivity index (χ2n) is 5.84. The molecule has 0 amide bonds. The van der Waals surface area contributed by atoms with E-state index in [0.717, 1.165) is 51.4 Å². The Morgan fingerprint density at radius 1 is 1.17 bits per heavy atom. The van der Waals surface area contributed by atoms with E-state index in [1.807, 2.05) is 0 Å². The number of benzene rings is 1. The highest BCUT2D eigenvalue weighted by molar-refractivity contribution is 5.85. The molecule has 6 nitrogen and oxygen atoms in total. The fraction of sp³-hybridized carbons (Fsp3) is 0.500. The molecular formula is C16H21ClN4O2. The number of halogens is 1. The fourth-order valence-electron chi connectivity index (χ4n) is 2.77. The summed E-state index contributed by atoms with van der Waals surface area (Å²) < 4.78 is 10.7. The van der Waals surface area contributed by atoms with Gasteiger partial charge in [-0.1, -0.05) is 29.4 Å². The van der Waals surface area contributed by atoms with Gasteiger partial charge in [0.1, 0.15) is 0 Å². The quantitative estimate of drug-likeness (QED) is 0.921. The van der Waals surface area contributed by atoms with Gasteiger partial charge >= 0.3 is 0 Å². The second kappa shape index (κ2) is 7.40. The van der Waals surface area contributed by atoms with Crippen LogP contribution in [0.25, 0.3) is 11.4 Å². The molecule has 0 aliphatic carbocycles. The van der Waals surface area contributed by atoms with Crippen LogP contribution in [-0.4, -0.2) is 47.9 Å². The molecule has 0 spiro atoms. The van der Waals surface area contributed by atoms with Crippen LogP contribution in [0.2, 0.25) is 0 Å². The molecule has 2 aliphatic heterocycles. The lowest BCUT2D eigenvalue weighted by molar-refractivity contribution is 0.0342. The van der Waals surface area contributed by atoms with Gasteiger partial charge in [-0.25, -0.2) is 0 Å². The van der Waals surface area contributed by atoms with Crippen molar-refractivity contribution in [2.45, 2.75) is 19.0 Å². The summed E-state index contributed by atoms with van der Waals surface area (Å²) in [5, 5.41) is 7.35. The summed E-state index contributed by atoms with van der Waals surface area (Å²) in [5.74, 6) is 1.36. The summed E-state index contributed by atoms with van der Waals surface area (Å²) in [6.45, 7) is 5.66. The SMILES string of the molecule is Cl.c1cc(-c2noc([C@H]3CCN3)n2)ccc1CN1CCOCC1. The van der Waals surface area contributed by atoms with E-state index in [-0.39, 0.29) is 18.4 Å². The van der Waals surface area contributed by atoms with E-state index >= 15 is 0 Å². The molecule has 0 unspecified atom stereocenters. The first-order chi connectivity index (χ1) is 10.9. The molecule has 2 aliphatic rings. The minimum Gasteiger partial charge on any atom is -0.379 e. The standard InChI is InChI=1S/C16H20N4O2.ClH/c1-3-13(15-18-16(22-19-15)14-5-6-17-14)4-2-12(1)11-20-7-9-21-10-8-20;/h1-4,14,17H,5-11H2;1H/t14-;/m1./s1. The van der Waals surface area contributed by atoms with E-state index in [9.17, 15) is 0 Å². The third-order valence-corrected chi connectivity index (χ3v) is 4.29. The number of rotatable bonds is 4. The summed E-state index contributed by atoms with van der Waals surface area (Å²) in [5.41, 5.74) is 2.30. The maximum absolute atomic E-state index is 5.38. The van der Waals surface area contributed by atoms with E-state index in [4.69, 9.17) is 9.26 Å². The molecule has 1 N–H and O–H groups in total. The Labute approximate surface area is 141 Å². The highest BCUT2D eigenvalue weighted by atomic mass is 35.5. The van der Waals surface area contributed by atoms with Gasteiger partial charge in [-0.15, -0.1) is 12.4 Å². The Morgan fingerprint density at radius 3 is 2.57 bits per heavy atom. The highest BCUT2D eigenvalue weighted by Crippen LogP contribution is 2.24. The molecule has 1 aromatic carbocycles. The molecule has 1 aromatic heterocycles. The zero-order valence-corrected chi connectivity index (χ0v) is 13.7. The normalized spacial score (nSPS) is 21.5. The summed E-state index contributed by atoms with van der Waals surface area (Å²) in [4.78, 5) is 6.89. The van der Waals surface area contributed by atoms with Crippen LogP contribution >= 0.6 is 12.4 Å². The number of morpholine rings is 1. The number of hydrogen-bond donors (Lipinski definition) is 1. The van der Waals surface area contributed by atoms with Gasteiger partial charge in [0.25, 0.3) is 0 Å². The first-order valence-electron chi connectivity index (χ1n) is 7.85. The minimum atomic E-state index is 0. The summed E-state index contributed by atoms with van der Waals surface area (Å²) >= 11 is 0. The van der Waals surface area contributed by atoms with Crippen LogP contribution in [0.4, 0.5) is 0 Å². The highest BCUT2D eigenvalue weighted by Gasteiger charge is 2.24. The number of nitrogens with zero attached hydrogens (tertiary/aromatic N) is 3. The van der Waals surface area contributed by atoms with Crippen LogP contribution in [0.5, 0.6) is 0 Å². The summed E-state index contributed by atoms with van der Waals surface area (Å²) in [6, 6.07) is 8.66. The van der Waals surface area contributed by atoms with Crippen LogP contribution < -0.4 is 5.32 Å². The van der Waals surface area contributed by atoms with Crippen molar-refractivity contribution < 1.29 is 9.26 Å². The zero-order valence-electron chi connectivity index (χ0n) is 12.9. The lowest BCUT2D eigenvalue weighted by Gasteiger charge is -2.26. The molecule has 1 atom stereocenters. The van der Waals surface area contributed by atoms with Crippen LogP contribution in [-0.2, 0) is 11.3 Å². The zero-order chi connectivity index (χ0) is 14.8. The number of aromatic nitrogens is 2. The van der Waals surface area contributed by atoms with Crippen molar-refractivity contribution in [1.82, 2.24) is 20.4 Å². The Bertz CT molecular complexity index is 621. The molecule has 0 saturated carbocycles. The number of hydrogen-bond acceptors (Lipinski definition) is 6. The maximum Gasteiger partial charge on any atom is 0.244 e. The molecule has 2 saturated heterocycles. The van der Waals surface area contributed by atoms with Crippen molar-refractivity contribution in [1.29, 1.82) is 0 Å². The third kappa shape index (κ3) is 3.72. The lowest BCUT2D eigenvalue weighted by atomic mass is 10.1. The van der Waals surface area contributed by atoms with Gasteiger partial charge in [0.2, 0.25) is 11.7 Å². The molecule has 3 heterocycles. The smallest absolute Gasteiger partial charge is 0.244 e. The molecule has 0 bridgehead atoms. The molecule has 2 aromatic rings. The van der Waals surface area contributed by atoms with Crippen molar-refractivity contribution in [3.8, 4) is 11.4 Å². The van der Waals surface area contributed by atoms with Gasteiger partial charge in [0, 0.05) is 25.2 Å². The first-order valence-corrected chi connectivity index (χ1v) is 7.85. The maximum atomic E-state index is 5.38. The monoisotopic (exact) mass is 336 g/mol. The average molecular weight is 337 g/mol. The molecular weight excluding hydrogens is 316 g/mol. The van der Waals surface area contributed by atoms with E-state index in [1.54, 1.807) is 0 Å². The third-order valence-electron chi connectivity index (χ3n) is 4.29. The Morgan fingerprint density at radius 2 is 1.91 bits per heavy atom. The Hall–Kier alpha value is -1.47. The van der Waals surface area contributed by atoms with E-state index < -0.39 is 0 Å². The second-order valence-corrected chi connectivity index (χ2v) is 5.84. The van der Waals surface area contributed by atoms with Crippen LogP contribution in [0.3, 0.4) is 0 Å². The van der Waals surface area contributed by atoms with Crippen molar-refractivity contribution >= 4 is 12.4 Å². The average Bonchev–Trinajstić information content (AvgIpc) is 2.97. The molecule has 2 fully saturated rings. The lowest BCUT2D eigenvalue weighted by Crippen LogP contribution is -2.35. The van der Waals surface area contributed by atoms with Gasteiger partial charge in [-0.2, -0.15) is 4.98 Å². The van der Waals surface area contributed by atoms with E-state index in [2.05, 4.69) is 44.6 Å². The van der Waals surface area contributed by atoms with Crippen molar-refractivity contribution in [3.05, 3.63) is 35.7 Å². The van der Waals surface area contributed by atoms with Gasteiger partial charge < -0.3 is 14.6 Å². The number of nitrogens with one attached hydrogen (secondary N) is 1. The Balaban J connectivity index is 0.00000156. The van der Waals surface area contributed by atoms with Gasteiger partial charge in [-0.05, 0) is 18.5 Å². The molecule has 4 rings (SSSR count). The first kappa shape index (κ1) is 16.4. The topological polar surface area (TPSA) is 63.4 Å². The summed E-state index contributed by atoms with van der Waals surface area (Å²) in [6.07, 6.45) is 1.07. The molecule has 7 heteroatoms. The van der Waals surface area contributed by atoms with Crippen molar-refractivity contribution in [2.24, 2.45) is 0 Å². The van der Waals surface area contributed by atoms with Gasteiger partial charge in [0.05, 0.1) is 19.3 Å². The molecule has 124 valence electrons.